The molecular weight excluding hydrogens is 347 g/mol. The number of aromatic amines is 1. The van der Waals surface area contributed by atoms with Crippen molar-refractivity contribution in [2.24, 2.45) is 0 Å². The Morgan fingerprint density at radius 1 is 1.15 bits per heavy atom. The van der Waals surface area contributed by atoms with Gasteiger partial charge in [0.2, 0.25) is 5.91 Å². The average molecular weight is 361 g/mol. The van der Waals surface area contributed by atoms with Gasteiger partial charge in [0.25, 0.3) is 0 Å². The molecule has 1 aromatic carbocycles. The maximum absolute atomic E-state index is 12.8. The van der Waals surface area contributed by atoms with Crippen LogP contribution in [0.1, 0.15) is 17.0 Å². The molecule has 2 aromatic heterocycles. The normalized spacial score (nSPS) is 11.3. The Balaban J connectivity index is 1.64. The van der Waals surface area contributed by atoms with Crippen molar-refractivity contribution in [3.05, 3.63) is 65.7 Å². The summed E-state index contributed by atoms with van der Waals surface area (Å²) in [6.45, 7) is 0.343. The number of hydrogen-bond donors (Lipinski definition) is 2. The predicted molar refractivity (Wildman–Crippen MR) is 86.6 cm³/mol. The number of benzene rings is 1. The van der Waals surface area contributed by atoms with Crippen LogP contribution in [0.4, 0.5) is 13.2 Å². The van der Waals surface area contributed by atoms with Crippen LogP contribution in [0, 0.1) is 0 Å². The molecule has 9 heteroatoms. The van der Waals surface area contributed by atoms with Gasteiger partial charge in [0, 0.05) is 24.5 Å². The summed E-state index contributed by atoms with van der Waals surface area (Å²) < 4.78 is 38.3. The summed E-state index contributed by atoms with van der Waals surface area (Å²) >= 11 is 0. The largest absolute Gasteiger partial charge is 0.416 e. The molecule has 0 fully saturated rings. The molecule has 0 saturated carbocycles. The second-order valence-electron chi connectivity index (χ2n) is 5.49. The molecule has 0 aliphatic carbocycles. The van der Waals surface area contributed by atoms with Crippen molar-refractivity contribution < 1.29 is 18.0 Å². The molecule has 1 amide bonds. The third-order valence-electron chi connectivity index (χ3n) is 3.55. The Hall–Kier alpha value is -3.23. The maximum Gasteiger partial charge on any atom is 0.416 e. The highest BCUT2D eigenvalue weighted by molar-refractivity contribution is 5.77. The van der Waals surface area contributed by atoms with E-state index in [1.807, 2.05) is 0 Å². The van der Waals surface area contributed by atoms with Crippen molar-refractivity contribution >= 4 is 5.91 Å². The van der Waals surface area contributed by atoms with Gasteiger partial charge in [0.15, 0.2) is 5.82 Å². The Kier molecular flexibility index (Phi) is 4.97. The van der Waals surface area contributed by atoms with Gasteiger partial charge < -0.3 is 5.32 Å². The van der Waals surface area contributed by atoms with Crippen molar-refractivity contribution in [3.63, 3.8) is 0 Å². The van der Waals surface area contributed by atoms with Crippen LogP contribution in [-0.4, -0.2) is 26.1 Å². The van der Waals surface area contributed by atoms with Crippen LogP contribution < -0.4 is 5.32 Å². The second-order valence-corrected chi connectivity index (χ2v) is 5.49. The summed E-state index contributed by atoms with van der Waals surface area (Å²) in [5, 5.41) is 9.19. The summed E-state index contributed by atoms with van der Waals surface area (Å²) in [5.41, 5.74) is 0.339. The minimum atomic E-state index is -4.44. The number of H-pyrrole nitrogens is 1. The molecule has 2 N–H and O–H groups in total. The van der Waals surface area contributed by atoms with Crippen molar-refractivity contribution in [2.45, 2.75) is 19.1 Å². The molecule has 0 unspecified atom stereocenters. The fourth-order valence-corrected chi connectivity index (χ4v) is 2.25. The molecule has 3 aromatic rings. The van der Waals surface area contributed by atoms with E-state index in [0.717, 1.165) is 17.7 Å². The average Bonchev–Trinajstić information content (AvgIpc) is 3.09. The third kappa shape index (κ3) is 4.44. The van der Waals surface area contributed by atoms with E-state index in [1.165, 1.54) is 12.1 Å². The fourth-order valence-electron chi connectivity index (χ4n) is 2.25. The number of nitrogens with one attached hydrogen (secondary N) is 2. The first kappa shape index (κ1) is 17.6. The first-order valence-corrected chi connectivity index (χ1v) is 7.66. The SMILES string of the molecule is O=C(Cc1nc(-c2cccc(C(F)(F)F)c2)n[nH]1)NCc1ccncc1. The van der Waals surface area contributed by atoms with Crippen LogP contribution in [0.3, 0.4) is 0 Å². The monoisotopic (exact) mass is 361 g/mol. The van der Waals surface area contributed by atoms with Gasteiger partial charge in [0.1, 0.15) is 5.82 Å². The Labute approximate surface area is 146 Å². The van der Waals surface area contributed by atoms with Gasteiger partial charge in [-0.3, -0.25) is 14.9 Å². The van der Waals surface area contributed by atoms with Gasteiger partial charge in [-0.15, -0.1) is 0 Å². The molecule has 0 saturated heterocycles. The standard InChI is InChI=1S/C17H14F3N5O/c18-17(19,20)13-3-1-2-12(8-13)16-23-14(24-25-16)9-15(26)22-10-11-4-6-21-7-5-11/h1-8H,9-10H2,(H,22,26)(H,23,24,25). The smallest absolute Gasteiger partial charge is 0.352 e. The highest BCUT2D eigenvalue weighted by Crippen LogP contribution is 2.31. The molecule has 0 radical (unpaired) electrons. The molecular formula is C17H14F3N5O. The first-order valence-electron chi connectivity index (χ1n) is 7.66. The molecule has 134 valence electrons. The Bertz CT molecular complexity index is 893. The van der Waals surface area contributed by atoms with Crippen LogP contribution >= 0.6 is 0 Å². The van der Waals surface area contributed by atoms with Crippen LogP contribution in [-0.2, 0) is 23.9 Å². The predicted octanol–water partition coefficient (Wildman–Crippen LogP) is 2.74. The topological polar surface area (TPSA) is 83.6 Å². The quantitative estimate of drug-likeness (QED) is 0.732. The van der Waals surface area contributed by atoms with Crippen molar-refractivity contribution in [1.82, 2.24) is 25.5 Å². The number of rotatable bonds is 5. The number of aromatic nitrogens is 4. The van der Waals surface area contributed by atoms with Crippen LogP contribution in [0.25, 0.3) is 11.4 Å². The van der Waals surface area contributed by atoms with E-state index >= 15 is 0 Å². The number of amides is 1. The van der Waals surface area contributed by atoms with Crippen molar-refractivity contribution in [3.8, 4) is 11.4 Å². The van der Waals surface area contributed by atoms with E-state index in [-0.39, 0.29) is 29.5 Å². The molecule has 0 atom stereocenters. The highest BCUT2D eigenvalue weighted by Gasteiger charge is 2.30. The third-order valence-corrected chi connectivity index (χ3v) is 3.55. The summed E-state index contributed by atoms with van der Waals surface area (Å²) in [6.07, 6.45) is -1.25. The van der Waals surface area contributed by atoms with Crippen molar-refractivity contribution in [2.75, 3.05) is 0 Å². The Morgan fingerprint density at radius 2 is 1.92 bits per heavy atom. The summed E-state index contributed by atoms with van der Waals surface area (Å²) in [6, 6.07) is 8.27. The molecule has 0 aliphatic rings. The van der Waals surface area contributed by atoms with Crippen LogP contribution in [0.5, 0.6) is 0 Å². The number of halogens is 3. The number of carbonyl (C=O) groups is 1. The van der Waals surface area contributed by atoms with Gasteiger partial charge in [-0.25, -0.2) is 4.98 Å². The zero-order valence-electron chi connectivity index (χ0n) is 13.4. The second kappa shape index (κ2) is 7.34. The number of alkyl halides is 3. The molecule has 0 bridgehead atoms. The lowest BCUT2D eigenvalue weighted by atomic mass is 10.1. The molecule has 3 rings (SSSR count). The maximum atomic E-state index is 12.8. The summed E-state index contributed by atoms with van der Waals surface area (Å²) in [5.74, 6) is 0.0891. The van der Waals surface area contributed by atoms with Crippen LogP contribution in [0.15, 0.2) is 48.8 Å². The van der Waals surface area contributed by atoms with E-state index < -0.39 is 11.7 Å². The minimum Gasteiger partial charge on any atom is -0.352 e. The summed E-state index contributed by atoms with van der Waals surface area (Å²) in [4.78, 5) is 19.9. The molecule has 0 aliphatic heterocycles. The molecule has 26 heavy (non-hydrogen) atoms. The zero-order valence-corrected chi connectivity index (χ0v) is 13.4. The Morgan fingerprint density at radius 3 is 2.65 bits per heavy atom. The van der Waals surface area contributed by atoms with Crippen molar-refractivity contribution in [1.29, 1.82) is 0 Å². The van der Waals surface area contributed by atoms with Gasteiger partial charge in [-0.05, 0) is 29.8 Å². The number of hydrogen-bond acceptors (Lipinski definition) is 4. The lowest BCUT2D eigenvalue weighted by molar-refractivity contribution is -0.137. The number of pyridine rings is 1. The molecule has 0 spiro atoms. The van der Waals surface area contributed by atoms with Gasteiger partial charge in [-0.2, -0.15) is 18.3 Å². The minimum absolute atomic E-state index is 0.0585. The first-order chi connectivity index (χ1) is 12.4. The van der Waals surface area contributed by atoms with E-state index in [9.17, 15) is 18.0 Å². The van der Waals surface area contributed by atoms with Gasteiger partial charge in [0.05, 0.1) is 12.0 Å². The van der Waals surface area contributed by atoms with Gasteiger partial charge in [-0.1, -0.05) is 12.1 Å². The summed E-state index contributed by atoms with van der Waals surface area (Å²) in [7, 11) is 0. The lowest BCUT2D eigenvalue weighted by Gasteiger charge is -2.06. The molecule has 2 heterocycles. The molecule has 6 nitrogen and oxygen atoms in total. The fraction of sp³-hybridized carbons (Fsp3) is 0.176. The van der Waals surface area contributed by atoms with E-state index in [2.05, 4.69) is 25.5 Å². The van der Waals surface area contributed by atoms with E-state index in [1.54, 1.807) is 24.5 Å². The highest BCUT2D eigenvalue weighted by atomic mass is 19.4. The van der Waals surface area contributed by atoms with E-state index in [0.29, 0.717) is 6.54 Å². The lowest BCUT2D eigenvalue weighted by Crippen LogP contribution is -2.25. The van der Waals surface area contributed by atoms with Crippen LogP contribution in [0.2, 0.25) is 0 Å². The zero-order chi connectivity index (χ0) is 18.6. The van der Waals surface area contributed by atoms with Gasteiger partial charge >= 0.3 is 6.18 Å². The number of carbonyl (C=O) groups excluding carboxylic acids is 1. The number of nitrogens with zero attached hydrogens (tertiary/aromatic N) is 3. The van der Waals surface area contributed by atoms with E-state index in [4.69, 9.17) is 0 Å².